The minimum Gasteiger partial charge on any atom is -0.371 e. The number of hydrogen-bond acceptors (Lipinski definition) is 3. The van der Waals surface area contributed by atoms with Crippen LogP contribution in [0.3, 0.4) is 0 Å². The van der Waals surface area contributed by atoms with Crippen molar-refractivity contribution in [2.45, 2.75) is 13.8 Å². The van der Waals surface area contributed by atoms with E-state index < -0.39 is 0 Å². The summed E-state index contributed by atoms with van der Waals surface area (Å²) in [5.74, 6) is 0.839. The van der Waals surface area contributed by atoms with Crippen molar-refractivity contribution in [2.75, 3.05) is 12.4 Å². The standard InChI is InChI=1S/C11H13N3/c1-7-6-9-4-5-13-11(12-3)10(9)14-8(7)2/h4-6H,1-3H3,(H,12,13). The molecule has 0 aliphatic rings. The summed E-state index contributed by atoms with van der Waals surface area (Å²) in [5, 5.41) is 4.17. The molecule has 0 aromatic carbocycles. The monoisotopic (exact) mass is 187 g/mol. The molecule has 0 unspecified atom stereocenters. The molecule has 0 atom stereocenters. The van der Waals surface area contributed by atoms with Crippen LogP contribution < -0.4 is 5.32 Å². The predicted molar refractivity (Wildman–Crippen MR) is 58.6 cm³/mol. The van der Waals surface area contributed by atoms with E-state index in [1.165, 1.54) is 5.56 Å². The molecule has 3 heteroatoms. The van der Waals surface area contributed by atoms with Gasteiger partial charge >= 0.3 is 0 Å². The molecule has 0 amide bonds. The maximum absolute atomic E-state index is 4.52. The lowest BCUT2D eigenvalue weighted by Gasteiger charge is -2.06. The molecule has 2 heterocycles. The number of aryl methyl sites for hydroxylation is 2. The van der Waals surface area contributed by atoms with Gasteiger partial charge in [-0.1, -0.05) is 0 Å². The van der Waals surface area contributed by atoms with Gasteiger partial charge in [0.2, 0.25) is 0 Å². The number of hydrogen-bond donors (Lipinski definition) is 1. The highest BCUT2D eigenvalue weighted by atomic mass is 15.0. The van der Waals surface area contributed by atoms with Crippen LogP contribution in [0.4, 0.5) is 5.82 Å². The smallest absolute Gasteiger partial charge is 0.152 e. The summed E-state index contributed by atoms with van der Waals surface area (Å²) in [6.45, 7) is 4.09. The number of anilines is 1. The van der Waals surface area contributed by atoms with Gasteiger partial charge in [0.25, 0.3) is 0 Å². The third kappa shape index (κ3) is 1.31. The molecule has 0 aliphatic heterocycles. The number of rotatable bonds is 1. The van der Waals surface area contributed by atoms with Gasteiger partial charge < -0.3 is 5.32 Å². The molecular weight excluding hydrogens is 174 g/mol. The summed E-state index contributed by atoms with van der Waals surface area (Å²) >= 11 is 0. The van der Waals surface area contributed by atoms with Crippen molar-refractivity contribution >= 4 is 16.7 Å². The van der Waals surface area contributed by atoms with Crippen molar-refractivity contribution in [1.82, 2.24) is 9.97 Å². The van der Waals surface area contributed by atoms with Gasteiger partial charge in [-0.25, -0.2) is 9.97 Å². The Morgan fingerprint density at radius 1 is 1.29 bits per heavy atom. The zero-order valence-corrected chi connectivity index (χ0v) is 8.63. The Hall–Kier alpha value is -1.64. The second-order valence-electron chi connectivity index (χ2n) is 3.37. The minimum absolute atomic E-state index is 0.839. The van der Waals surface area contributed by atoms with Gasteiger partial charge in [-0.2, -0.15) is 0 Å². The Morgan fingerprint density at radius 2 is 2.07 bits per heavy atom. The first-order valence-electron chi connectivity index (χ1n) is 4.63. The molecule has 2 aromatic rings. The van der Waals surface area contributed by atoms with Crippen LogP contribution in [0, 0.1) is 13.8 Å². The molecule has 3 nitrogen and oxygen atoms in total. The molecule has 14 heavy (non-hydrogen) atoms. The highest BCUT2D eigenvalue weighted by molar-refractivity contribution is 5.88. The van der Waals surface area contributed by atoms with Crippen molar-refractivity contribution < 1.29 is 0 Å². The maximum Gasteiger partial charge on any atom is 0.152 e. The van der Waals surface area contributed by atoms with Gasteiger partial charge in [0.15, 0.2) is 5.82 Å². The third-order valence-electron chi connectivity index (χ3n) is 2.41. The van der Waals surface area contributed by atoms with Crippen LogP contribution >= 0.6 is 0 Å². The minimum atomic E-state index is 0.839. The number of aromatic nitrogens is 2. The number of nitrogens with one attached hydrogen (secondary N) is 1. The van der Waals surface area contributed by atoms with Gasteiger partial charge in [0.05, 0.1) is 0 Å². The molecule has 0 saturated heterocycles. The van der Waals surface area contributed by atoms with Gasteiger partial charge in [-0.05, 0) is 31.5 Å². The Bertz CT molecular complexity index is 477. The maximum atomic E-state index is 4.52. The average Bonchev–Trinajstić information content (AvgIpc) is 2.19. The molecule has 0 aliphatic carbocycles. The lowest BCUT2D eigenvalue weighted by molar-refractivity contribution is 1.18. The summed E-state index contributed by atoms with van der Waals surface area (Å²) in [6.07, 6.45) is 1.80. The molecule has 2 rings (SSSR count). The van der Waals surface area contributed by atoms with E-state index in [1.54, 1.807) is 6.20 Å². The molecule has 1 N–H and O–H groups in total. The lowest BCUT2D eigenvalue weighted by atomic mass is 10.1. The highest BCUT2D eigenvalue weighted by Crippen LogP contribution is 2.20. The summed E-state index contributed by atoms with van der Waals surface area (Å²) < 4.78 is 0. The van der Waals surface area contributed by atoms with E-state index in [0.29, 0.717) is 0 Å². The number of pyridine rings is 2. The molecule has 0 fully saturated rings. The molecule has 72 valence electrons. The number of fused-ring (bicyclic) bond motifs is 1. The van der Waals surface area contributed by atoms with Crippen LogP contribution in [0.1, 0.15) is 11.3 Å². The molecular formula is C11H13N3. The Kier molecular flexibility index (Phi) is 2.08. The van der Waals surface area contributed by atoms with Crippen molar-refractivity contribution in [1.29, 1.82) is 0 Å². The van der Waals surface area contributed by atoms with Crippen LogP contribution in [0.5, 0.6) is 0 Å². The fourth-order valence-electron chi connectivity index (χ4n) is 1.48. The zero-order valence-electron chi connectivity index (χ0n) is 8.63. The second-order valence-corrected chi connectivity index (χ2v) is 3.37. The van der Waals surface area contributed by atoms with E-state index in [-0.39, 0.29) is 0 Å². The van der Waals surface area contributed by atoms with Crippen LogP contribution in [0.2, 0.25) is 0 Å². The first kappa shape index (κ1) is 8.94. The van der Waals surface area contributed by atoms with Crippen molar-refractivity contribution in [3.05, 3.63) is 29.6 Å². The van der Waals surface area contributed by atoms with Crippen LogP contribution in [-0.4, -0.2) is 17.0 Å². The van der Waals surface area contributed by atoms with E-state index in [0.717, 1.165) is 22.4 Å². The van der Waals surface area contributed by atoms with Crippen LogP contribution in [0.25, 0.3) is 10.9 Å². The van der Waals surface area contributed by atoms with Crippen molar-refractivity contribution in [3.63, 3.8) is 0 Å². The van der Waals surface area contributed by atoms with Crippen LogP contribution in [-0.2, 0) is 0 Å². The fourth-order valence-corrected chi connectivity index (χ4v) is 1.48. The highest BCUT2D eigenvalue weighted by Gasteiger charge is 2.03. The van der Waals surface area contributed by atoms with E-state index in [9.17, 15) is 0 Å². The van der Waals surface area contributed by atoms with E-state index in [4.69, 9.17) is 0 Å². The molecule has 0 bridgehead atoms. The van der Waals surface area contributed by atoms with Crippen LogP contribution in [0.15, 0.2) is 18.3 Å². The van der Waals surface area contributed by atoms with E-state index in [2.05, 4.69) is 28.3 Å². The third-order valence-corrected chi connectivity index (χ3v) is 2.41. The summed E-state index contributed by atoms with van der Waals surface area (Å²) in [6, 6.07) is 4.12. The summed E-state index contributed by atoms with van der Waals surface area (Å²) in [5.41, 5.74) is 3.21. The molecule has 0 saturated carbocycles. The second kappa shape index (κ2) is 3.25. The van der Waals surface area contributed by atoms with Gasteiger partial charge in [0, 0.05) is 24.3 Å². The zero-order chi connectivity index (χ0) is 10.1. The topological polar surface area (TPSA) is 37.8 Å². The Balaban J connectivity index is 2.81. The normalized spacial score (nSPS) is 10.5. The quantitative estimate of drug-likeness (QED) is 0.744. The predicted octanol–water partition coefficient (Wildman–Crippen LogP) is 2.29. The Labute approximate surface area is 83.2 Å². The fraction of sp³-hybridized carbons (Fsp3) is 0.273. The average molecular weight is 187 g/mol. The van der Waals surface area contributed by atoms with E-state index in [1.807, 2.05) is 20.0 Å². The van der Waals surface area contributed by atoms with Gasteiger partial charge in [-0.15, -0.1) is 0 Å². The van der Waals surface area contributed by atoms with Crippen molar-refractivity contribution in [3.8, 4) is 0 Å². The van der Waals surface area contributed by atoms with Gasteiger partial charge in [0.1, 0.15) is 5.52 Å². The summed E-state index contributed by atoms with van der Waals surface area (Å²) in [4.78, 5) is 8.74. The van der Waals surface area contributed by atoms with Gasteiger partial charge in [-0.3, -0.25) is 0 Å². The Morgan fingerprint density at radius 3 is 2.79 bits per heavy atom. The molecule has 0 spiro atoms. The van der Waals surface area contributed by atoms with E-state index >= 15 is 0 Å². The molecule has 0 radical (unpaired) electrons. The largest absolute Gasteiger partial charge is 0.371 e. The first-order chi connectivity index (χ1) is 6.72. The first-order valence-corrected chi connectivity index (χ1v) is 4.63. The number of nitrogens with zero attached hydrogens (tertiary/aromatic N) is 2. The lowest BCUT2D eigenvalue weighted by Crippen LogP contribution is -1.96. The molecule has 2 aromatic heterocycles. The summed E-state index contributed by atoms with van der Waals surface area (Å²) in [7, 11) is 1.86. The SMILES string of the molecule is CNc1nccc2cc(C)c(C)nc12. The van der Waals surface area contributed by atoms with Crippen molar-refractivity contribution in [2.24, 2.45) is 0 Å².